The molecule has 1 aromatic carbocycles. The minimum Gasteiger partial charge on any atom is -0.268 e. The second-order valence-electron chi connectivity index (χ2n) is 3.23. The van der Waals surface area contributed by atoms with Gasteiger partial charge >= 0.3 is 5.69 Å². The summed E-state index contributed by atoms with van der Waals surface area (Å²) < 4.78 is 13.1. The van der Waals surface area contributed by atoms with E-state index in [0.29, 0.717) is 11.3 Å². The lowest BCUT2D eigenvalue weighted by Crippen LogP contribution is -2.05. The standard InChI is InChI=1S/C10H6FN3O3/c11-7-2-1-6(5-9(7)14(16)17)8-3-4-10(15)13-12-8/h1-5H,(H,13,15). The number of nitro benzene ring substituents is 1. The number of nitrogens with one attached hydrogen (secondary N) is 1. The van der Waals surface area contributed by atoms with Gasteiger partial charge < -0.3 is 0 Å². The molecule has 0 saturated carbocycles. The van der Waals surface area contributed by atoms with Gasteiger partial charge in [-0.1, -0.05) is 0 Å². The van der Waals surface area contributed by atoms with Gasteiger partial charge in [-0.3, -0.25) is 14.9 Å². The molecule has 6 nitrogen and oxygen atoms in total. The zero-order valence-corrected chi connectivity index (χ0v) is 8.38. The van der Waals surface area contributed by atoms with Gasteiger partial charge in [0.15, 0.2) is 0 Å². The van der Waals surface area contributed by atoms with Gasteiger partial charge in [0.25, 0.3) is 5.56 Å². The normalized spacial score (nSPS) is 10.2. The number of halogens is 1. The van der Waals surface area contributed by atoms with Crippen LogP contribution in [0, 0.1) is 15.9 Å². The molecule has 1 heterocycles. The molecule has 0 aliphatic heterocycles. The molecule has 0 spiro atoms. The third-order valence-corrected chi connectivity index (χ3v) is 2.12. The largest absolute Gasteiger partial charge is 0.305 e. The number of hydrogen-bond acceptors (Lipinski definition) is 4. The number of aromatic amines is 1. The molecule has 0 saturated heterocycles. The molecule has 0 unspecified atom stereocenters. The van der Waals surface area contributed by atoms with E-state index in [4.69, 9.17) is 0 Å². The van der Waals surface area contributed by atoms with Crippen molar-refractivity contribution in [2.24, 2.45) is 0 Å². The van der Waals surface area contributed by atoms with Crippen molar-refractivity contribution in [2.75, 3.05) is 0 Å². The van der Waals surface area contributed by atoms with Crippen molar-refractivity contribution in [2.45, 2.75) is 0 Å². The zero-order chi connectivity index (χ0) is 12.4. The van der Waals surface area contributed by atoms with Crippen LogP contribution in [0.5, 0.6) is 0 Å². The predicted octanol–water partition coefficient (Wildman–Crippen LogP) is 1.48. The van der Waals surface area contributed by atoms with Gasteiger partial charge in [0.05, 0.1) is 10.6 Å². The van der Waals surface area contributed by atoms with E-state index in [0.717, 1.165) is 12.1 Å². The fraction of sp³-hybridized carbons (Fsp3) is 0. The quantitative estimate of drug-likeness (QED) is 0.630. The van der Waals surface area contributed by atoms with Gasteiger partial charge in [-0.25, -0.2) is 5.10 Å². The van der Waals surface area contributed by atoms with E-state index in [2.05, 4.69) is 10.2 Å². The molecule has 2 aromatic rings. The highest BCUT2D eigenvalue weighted by molar-refractivity contribution is 5.62. The molecule has 0 fully saturated rings. The molecule has 0 atom stereocenters. The van der Waals surface area contributed by atoms with Crippen molar-refractivity contribution < 1.29 is 9.31 Å². The van der Waals surface area contributed by atoms with Crippen molar-refractivity contribution >= 4 is 5.69 Å². The lowest BCUT2D eigenvalue weighted by Gasteiger charge is -2.00. The monoisotopic (exact) mass is 235 g/mol. The first-order valence-corrected chi connectivity index (χ1v) is 4.58. The first-order valence-electron chi connectivity index (χ1n) is 4.58. The molecule has 1 aromatic heterocycles. The van der Waals surface area contributed by atoms with Crippen LogP contribution in [0.25, 0.3) is 11.3 Å². The van der Waals surface area contributed by atoms with Crippen LogP contribution in [0.15, 0.2) is 35.1 Å². The second-order valence-corrected chi connectivity index (χ2v) is 3.23. The van der Waals surface area contributed by atoms with Crippen LogP contribution in [-0.2, 0) is 0 Å². The Morgan fingerprint density at radius 2 is 2.06 bits per heavy atom. The molecule has 0 aliphatic rings. The zero-order valence-electron chi connectivity index (χ0n) is 8.38. The summed E-state index contributed by atoms with van der Waals surface area (Å²) in [5.41, 5.74) is -0.331. The Labute approximate surface area is 93.9 Å². The summed E-state index contributed by atoms with van der Waals surface area (Å²) in [6.45, 7) is 0. The first-order chi connectivity index (χ1) is 8.08. The SMILES string of the molecule is O=c1ccc(-c2ccc(F)c([N+](=O)[O-])c2)n[nH]1. The lowest BCUT2D eigenvalue weighted by molar-refractivity contribution is -0.387. The minimum atomic E-state index is -0.914. The van der Waals surface area contributed by atoms with Crippen molar-refractivity contribution in [3.05, 3.63) is 56.6 Å². The Kier molecular flexibility index (Phi) is 2.65. The number of rotatable bonds is 2. The highest BCUT2D eigenvalue weighted by Gasteiger charge is 2.15. The van der Waals surface area contributed by atoms with E-state index >= 15 is 0 Å². The second kappa shape index (κ2) is 4.12. The fourth-order valence-electron chi connectivity index (χ4n) is 1.32. The van der Waals surface area contributed by atoms with Gasteiger partial charge in [-0.15, -0.1) is 0 Å². The Balaban J connectivity index is 2.53. The maximum Gasteiger partial charge on any atom is 0.305 e. The highest BCUT2D eigenvalue weighted by atomic mass is 19.1. The van der Waals surface area contributed by atoms with Crippen molar-refractivity contribution in [1.29, 1.82) is 0 Å². The average Bonchev–Trinajstić information content (AvgIpc) is 2.30. The van der Waals surface area contributed by atoms with E-state index in [1.165, 1.54) is 18.2 Å². The fourth-order valence-corrected chi connectivity index (χ4v) is 1.32. The van der Waals surface area contributed by atoms with Crippen molar-refractivity contribution in [1.82, 2.24) is 10.2 Å². The van der Waals surface area contributed by atoms with Gasteiger partial charge in [0.1, 0.15) is 0 Å². The minimum absolute atomic E-state index is 0.327. The molecule has 0 amide bonds. The van der Waals surface area contributed by atoms with Gasteiger partial charge in [-0.2, -0.15) is 9.49 Å². The molecule has 0 aliphatic carbocycles. The highest BCUT2D eigenvalue weighted by Crippen LogP contribution is 2.24. The molecule has 7 heteroatoms. The Morgan fingerprint density at radius 1 is 1.29 bits per heavy atom. The summed E-state index contributed by atoms with van der Waals surface area (Å²) >= 11 is 0. The van der Waals surface area contributed by atoms with Crippen LogP contribution in [0.2, 0.25) is 0 Å². The van der Waals surface area contributed by atoms with E-state index in [1.54, 1.807) is 0 Å². The molecular formula is C10H6FN3O3. The van der Waals surface area contributed by atoms with Gasteiger partial charge in [0.2, 0.25) is 5.82 Å². The smallest absolute Gasteiger partial charge is 0.268 e. The van der Waals surface area contributed by atoms with Gasteiger partial charge in [-0.05, 0) is 18.2 Å². The number of benzene rings is 1. The summed E-state index contributed by atoms with van der Waals surface area (Å²) in [6, 6.07) is 6.03. The summed E-state index contributed by atoms with van der Waals surface area (Å²) in [4.78, 5) is 20.5. The van der Waals surface area contributed by atoms with Crippen LogP contribution in [0.4, 0.5) is 10.1 Å². The summed E-state index contributed by atoms with van der Waals surface area (Å²) in [5, 5.41) is 16.4. The molecule has 0 bridgehead atoms. The van der Waals surface area contributed by atoms with Crippen LogP contribution in [0.1, 0.15) is 0 Å². The summed E-state index contributed by atoms with van der Waals surface area (Å²) in [5.74, 6) is -0.914. The van der Waals surface area contributed by atoms with Gasteiger partial charge in [0, 0.05) is 17.7 Å². The van der Waals surface area contributed by atoms with E-state index in [-0.39, 0.29) is 5.56 Å². The van der Waals surface area contributed by atoms with Crippen LogP contribution < -0.4 is 5.56 Å². The number of nitro groups is 1. The third-order valence-electron chi connectivity index (χ3n) is 2.12. The first kappa shape index (κ1) is 10.9. The number of H-pyrrole nitrogens is 1. The maximum atomic E-state index is 13.1. The maximum absolute atomic E-state index is 13.1. The average molecular weight is 235 g/mol. The van der Waals surface area contributed by atoms with Crippen LogP contribution >= 0.6 is 0 Å². The van der Waals surface area contributed by atoms with Crippen LogP contribution in [-0.4, -0.2) is 15.1 Å². The topological polar surface area (TPSA) is 88.9 Å². The Morgan fingerprint density at radius 3 is 2.65 bits per heavy atom. The third kappa shape index (κ3) is 2.17. The predicted molar refractivity (Wildman–Crippen MR) is 56.9 cm³/mol. The number of aromatic nitrogens is 2. The molecule has 86 valence electrons. The number of hydrogen-bond donors (Lipinski definition) is 1. The Bertz CT molecular complexity index is 618. The molecular weight excluding hydrogens is 229 g/mol. The molecule has 1 N–H and O–H groups in total. The molecule has 0 radical (unpaired) electrons. The van der Waals surface area contributed by atoms with Crippen LogP contribution in [0.3, 0.4) is 0 Å². The van der Waals surface area contributed by atoms with Crippen molar-refractivity contribution in [3.63, 3.8) is 0 Å². The number of nitrogens with zero attached hydrogens (tertiary/aromatic N) is 2. The lowest BCUT2D eigenvalue weighted by atomic mass is 10.1. The Hall–Kier alpha value is -2.57. The molecule has 17 heavy (non-hydrogen) atoms. The summed E-state index contributed by atoms with van der Waals surface area (Å²) in [6.07, 6.45) is 0. The van der Waals surface area contributed by atoms with E-state index < -0.39 is 16.4 Å². The van der Waals surface area contributed by atoms with Crippen molar-refractivity contribution in [3.8, 4) is 11.3 Å². The molecule has 2 rings (SSSR count). The van der Waals surface area contributed by atoms with E-state index in [9.17, 15) is 19.3 Å². The van der Waals surface area contributed by atoms with E-state index in [1.807, 2.05) is 0 Å². The summed E-state index contributed by atoms with van der Waals surface area (Å²) in [7, 11) is 0.